The predicted octanol–water partition coefficient (Wildman–Crippen LogP) is 1.41. The van der Waals surface area contributed by atoms with Crippen molar-refractivity contribution in [2.24, 2.45) is 5.73 Å². The number of aliphatic hydroxyl groups is 1. The number of anilines is 1. The van der Waals surface area contributed by atoms with Crippen molar-refractivity contribution in [3.8, 4) is 0 Å². The normalized spacial score (nSPS) is 15.4. The Balaban J connectivity index is 3.05. The van der Waals surface area contributed by atoms with E-state index in [0.29, 0.717) is 5.69 Å². The Morgan fingerprint density at radius 3 is 2.62 bits per heavy atom. The summed E-state index contributed by atoms with van der Waals surface area (Å²) in [5.74, 6) is 0. The number of nitrogens with two attached hydrogens (primary N) is 2. The molecule has 2 atom stereocenters. The molecule has 0 aliphatic carbocycles. The molecule has 0 spiro atoms. The van der Waals surface area contributed by atoms with Gasteiger partial charge in [-0.15, -0.1) is 0 Å². The summed E-state index contributed by atoms with van der Waals surface area (Å²) in [5, 5.41) is 9.29. The van der Waals surface area contributed by atoms with E-state index < -0.39 is 12.1 Å². The fraction of sp³-hybridized carbons (Fsp3) is 0.333. The van der Waals surface area contributed by atoms with E-state index in [9.17, 15) is 5.11 Å². The van der Waals surface area contributed by atoms with E-state index >= 15 is 0 Å². The fourth-order valence-corrected chi connectivity index (χ4v) is 1.47. The van der Waals surface area contributed by atoms with Gasteiger partial charge in [0.05, 0.1) is 12.1 Å². The zero-order chi connectivity index (χ0) is 10.0. The van der Waals surface area contributed by atoms with E-state index in [-0.39, 0.29) is 0 Å². The van der Waals surface area contributed by atoms with Crippen LogP contribution < -0.4 is 11.5 Å². The number of hydrogen-bond acceptors (Lipinski definition) is 3. The van der Waals surface area contributed by atoms with Crippen LogP contribution in [0.2, 0.25) is 0 Å². The number of aliphatic hydroxyl groups excluding tert-OH is 1. The van der Waals surface area contributed by atoms with Crippen molar-refractivity contribution in [3.05, 3.63) is 28.2 Å². The Hall–Kier alpha value is -0.580. The van der Waals surface area contributed by atoms with Gasteiger partial charge in [-0.1, -0.05) is 15.9 Å². The molecule has 0 heterocycles. The molecule has 0 aromatic heterocycles. The maximum Gasteiger partial charge on any atom is 0.0705 e. The molecule has 1 aromatic carbocycles. The van der Waals surface area contributed by atoms with Gasteiger partial charge < -0.3 is 16.6 Å². The van der Waals surface area contributed by atoms with E-state index in [2.05, 4.69) is 15.9 Å². The lowest BCUT2D eigenvalue weighted by Crippen LogP contribution is -2.24. The van der Waals surface area contributed by atoms with Crippen LogP contribution in [-0.4, -0.2) is 11.2 Å². The maximum absolute atomic E-state index is 9.29. The highest BCUT2D eigenvalue weighted by Gasteiger charge is 2.14. The average molecular weight is 245 g/mol. The molecule has 0 radical (unpaired) electrons. The smallest absolute Gasteiger partial charge is 0.0705 e. The first kappa shape index (κ1) is 10.5. The van der Waals surface area contributed by atoms with Crippen molar-refractivity contribution in [1.82, 2.24) is 0 Å². The number of rotatable bonds is 2. The van der Waals surface area contributed by atoms with Gasteiger partial charge in [-0.3, -0.25) is 0 Å². The highest BCUT2D eigenvalue weighted by molar-refractivity contribution is 9.10. The van der Waals surface area contributed by atoms with Crippen molar-refractivity contribution >= 4 is 21.6 Å². The topological polar surface area (TPSA) is 72.3 Å². The molecule has 5 N–H and O–H groups in total. The summed E-state index contributed by atoms with van der Waals surface area (Å²) in [4.78, 5) is 0. The molecule has 0 saturated heterocycles. The molecule has 1 rings (SSSR count). The molecule has 3 nitrogen and oxygen atoms in total. The van der Waals surface area contributed by atoms with E-state index in [1.165, 1.54) is 0 Å². The highest BCUT2D eigenvalue weighted by atomic mass is 79.9. The van der Waals surface area contributed by atoms with E-state index in [4.69, 9.17) is 11.5 Å². The van der Waals surface area contributed by atoms with E-state index in [0.717, 1.165) is 10.0 Å². The molecule has 0 aliphatic heterocycles. The second kappa shape index (κ2) is 4.09. The first-order valence-electron chi connectivity index (χ1n) is 4.01. The van der Waals surface area contributed by atoms with Crippen LogP contribution in [-0.2, 0) is 0 Å². The summed E-state index contributed by atoms with van der Waals surface area (Å²) < 4.78 is 0.910. The minimum Gasteiger partial charge on any atom is -0.398 e. The number of nitrogen functional groups attached to an aromatic ring is 1. The van der Waals surface area contributed by atoms with Gasteiger partial charge in [0.15, 0.2) is 0 Å². The summed E-state index contributed by atoms with van der Waals surface area (Å²) in [6.07, 6.45) is -0.600. The molecule has 0 amide bonds. The lowest BCUT2D eigenvalue weighted by molar-refractivity contribution is 0.164. The standard InChI is InChI=1S/C9H13BrN2O/c1-5(13)9(12)7-4-6(10)2-3-8(7)11/h2-5,9,13H,11-12H2,1H3/t5-,9+/m1/s1. The molecule has 0 unspecified atom stereocenters. The Labute approximate surface area is 85.9 Å². The minimum atomic E-state index is -0.600. The Kier molecular flexibility index (Phi) is 3.30. The molecule has 0 fully saturated rings. The average Bonchev–Trinajstić information content (AvgIpc) is 2.08. The van der Waals surface area contributed by atoms with Crippen LogP contribution >= 0.6 is 15.9 Å². The van der Waals surface area contributed by atoms with Gasteiger partial charge in [-0.25, -0.2) is 0 Å². The van der Waals surface area contributed by atoms with Gasteiger partial charge in [0.1, 0.15) is 0 Å². The molecular weight excluding hydrogens is 232 g/mol. The molecule has 1 aromatic rings. The van der Waals surface area contributed by atoms with Crippen molar-refractivity contribution in [2.45, 2.75) is 19.1 Å². The summed E-state index contributed by atoms with van der Waals surface area (Å²) >= 11 is 3.32. The summed E-state index contributed by atoms with van der Waals surface area (Å²) in [7, 11) is 0. The number of hydrogen-bond donors (Lipinski definition) is 3. The van der Waals surface area contributed by atoms with Gasteiger partial charge in [0, 0.05) is 10.2 Å². The monoisotopic (exact) mass is 244 g/mol. The summed E-state index contributed by atoms with van der Waals surface area (Å²) in [5.41, 5.74) is 12.8. The third kappa shape index (κ3) is 2.43. The quantitative estimate of drug-likeness (QED) is 0.690. The van der Waals surface area contributed by atoms with Crippen LogP contribution in [0.5, 0.6) is 0 Å². The summed E-state index contributed by atoms with van der Waals surface area (Å²) in [6.45, 7) is 1.64. The SMILES string of the molecule is C[C@@H](O)[C@H](N)c1cc(Br)ccc1N. The lowest BCUT2D eigenvalue weighted by atomic mass is 10.0. The highest BCUT2D eigenvalue weighted by Crippen LogP contribution is 2.24. The summed E-state index contributed by atoms with van der Waals surface area (Å²) in [6, 6.07) is 5.00. The van der Waals surface area contributed by atoms with Gasteiger partial charge in [-0.2, -0.15) is 0 Å². The van der Waals surface area contributed by atoms with Crippen LogP contribution in [0.3, 0.4) is 0 Å². The van der Waals surface area contributed by atoms with Crippen LogP contribution in [0.15, 0.2) is 22.7 Å². The minimum absolute atomic E-state index is 0.433. The maximum atomic E-state index is 9.29. The second-order valence-electron chi connectivity index (χ2n) is 3.04. The molecule has 4 heteroatoms. The van der Waals surface area contributed by atoms with Gasteiger partial charge in [0.25, 0.3) is 0 Å². The predicted molar refractivity (Wildman–Crippen MR) is 57.2 cm³/mol. The zero-order valence-electron chi connectivity index (χ0n) is 7.37. The van der Waals surface area contributed by atoms with Crippen molar-refractivity contribution in [3.63, 3.8) is 0 Å². The van der Waals surface area contributed by atoms with Crippen molar-refractivity contribution in [2.75, 3.05) is 5.73 Å². The first-order chi connectivity index (χ1) is 6.02. The van der Waals surface area contributed by atoms with Gasteiger partial charge in [-0.05, 0) is 30.7 Å². The zero-order valence-corrected chi connectivity index (χ0v) is 8.95. The van der Waals surface area contributed by atoms with Crippen molar-refractivity contribution < 1.29 is 5.11 Å². The lowest BCUT2D eigenvalue weighted by Gasteiger charge is -2.17. The molecule has 0 aliphatic rings. The van der Waals surface area contributed by atoms with Crippen LogP contribution in [0.25, 0.3) is 0 Å². The van der Waals surface area contributed by atoms with E-state index in [1.54, 1.807) is 13.0 Å². The van der Waals surface area contributed by atoms with E-state index in [1.807, 2.05) is 12.1 Å². The Morgan fingerprint density at radius 2 is 2.08 bits per heavy atom. The second-order valence-corrected chi connectivity index (χ2v) is 3.96. The largest absolute Gasteiger partial charge is 0.398 e. The number of benzene rings is 1. The molecule has 0 saturated carbocycles. The Morgan fingerprint density at radius 1 is 1.46 bits per heavy atom. The number of halogens is 1. The van der Waals surface area contributed by atoms with Gasteiger partial charge in [0.2, 0.25) is 0 Å². The van der Waals surface area contributed by atoms with Crippen LogP contribution in [0, 0.1) is 0 Å². The molecule has 0 bridgehead atoms. The van der Waals surface area contributed by atoms with Crippen molar-refractivity contribution in [1.29, 1.82) is 0 Å². The molecule has 13 heavy (non-hydrogen) atoms. The van der Waals surface area contributed by atoms with Crippen LogP contribution in [0.1, 0.15) is 18.5 Å². The molecular formula is C9H13BrN2O. The third-order valence-electron chi connectivity index (χ3n) is 1.93. The fourth-order valence-electron chi connectivity index (χ4n) is 1.09. The Bertz CT molecular complexity index is 302. The third-order valence-corrected chi connectivity index (χ3v) is 2.42. The van der Waals surface area contributed by atoms with Gasteiger partial charge >= 0.3 is 0 Å². The first-order valence-corrected chi connectivity index (χ1v) is 4.80. The van der Waals surface area contributed by atoms with Crippen LogP contribution in [0.4, 0.5) is 5.69 Å². The molecule has 72 valence electrons.